The molecule has 0 saturated carbocycles. The molecule has 2 N–H and O–H groups in total. The first-order valence-electron chi connectivity index (χ1n) is 17.1. The number of carbonyl (C=O) groups excluding carboxylic acids is 2. The lowest BCUT2D eigenvalue weighted by Gasteiger charge is -2.54. The molecule has 0 aliphatic carbocycles. The van der Waals surface area contributed by atoms with E-state index in [4.69, 9.17) is 31.7 Å². The van der Waals surface area contributed by atoms with Crippen molar-refractivity contribution in [2.75, 3.05) is 20.3 Å². The average Bonchev–Trinajstić information content (AvgIpc) is 2.91. The Labute approximate surface area is 305 Å². The van der Waals surface area contributed by atoms with Crippen molar-refractivity contribution in [2.45, 2.75) is 166 Å². The predicted octanol–water partition coefficient (Wildman–Crippen LogP) is 6.34. The Morgan fingerprint density at radius 1 is 0.940 bits per heavy atom. The van der Waals surface area contributed by atoms with Crippen LogP contribution < -0.4 is 5.32 Å². The van der Waals surface area contributed by atoms with Crippen LogP contribution in [0.2, 0.25) is 54.4 Å². The zero-order chi connectivity index (χ0) is 39.5. The molecule has 0 aromatic heterocycles. The third kappa shape index (κ3) is 12.3. The fraction of sp³-hybridized carbons (Fsp3) is 0.879. The van der Waals surface area contributed by atoms with Crippen molar-refractivity contribution in [3.8, 4) is 0 Å². The van der Waals surface area contributed by atoms with Crippen LogP contribution in [-0.4, -0.2) is 106 Å². The van der Waals surface area contributed by atoms with Gasteiger partial charge < -0.3 is 32.8 Å². The summed E-state index contributed by atoms with van der Waals surface area (Å²) in [6, 6.07) is -0.947. The Bertz CT molecular complexity index is 1290. The number of nitrogens with one attached hydrogen (secondary N) is 1. The Morgan fingerprint density at radius 2 is 1.42 bits per heavy atom. The Balaban J connectivity index is 4.36. The van der Waals surface area contributed by atoms with Crippen molar-refractivity contribution in [3.63, 3.8) is 0 Å². The second kappa shape index (κ2) is 16.6. The summed E-state index contributed by atoms with van der Waals surface area (Å²) in [5.74, 6) is -3.28. The van der Waals surface area contributed by atoms with Crippen molar-refractivity contribution >= 4 is 47.2 Å². The van der Waals surface area contributed by atoms with Crippen LogP contribution in [0.5, 0.6) is 0 Å². The lowest BCUT2D eigenvalue weighted by atomic mass is 9.88. The van der Waals surface area contributed by atoms with Gasteiger partial charge in [0.1, 0.15) is 12.2 Å². The minimum atomic E-state index is -4.93. The molecule has 6 atom stereocenters. The highest BCUT2D eigenvalue weighted by atomic mass is 32.3. The highest BCUT2D eigenvalue weighted by Gasteiger charge is 2.60. The molecule has 294 valence electrons. The maximum atomic E-state index is 13.8. The molecule has 1 saturated heterocycles. The second-order valence-electron chi connectivity index (χ2n) is 17.7. The predicted molar refractivity (Wildman–Crippen MR) is 202 cm³/mol. The van der Waals surface area contributed by atoms with Gasteiger partial charge in [-0.25, -0.2) is 8.98 Å². The summed E-state index contributed by atoms with van der Waals surface area (Å²) in [4.78, 5) is 26.8. The summed E-state index contributed by atoms with van der Waals surface area (Å²) >= 11 is 0. The van der Waals surface area contributed by atoms with E-state index in [1.54, 1.807) is 0 Å². The molecule has 0 bridgehead atoms. The Hall–Kier alpha value is -0.999. The largest absolute Gasteiger partial charge is 0.465 e. The number of amides is 1. The first kappa shape index (κ1) is 47.0. The first-order chi connectivity index (χ1) is 22.2. The molecular weight excluding hydrogens is 719 g/mol. The first-order valence-corrected chi connectivity index (χ1v) is 27.2. The topological polar surface area (TPSA) is 165 Å². The summed E-state index contributed by atoms with van der Waals surface area (Å²) in [6.45, 7) is 34.9. The van der Waals surface area contributed by atoms with Gasteiger partial charge in [-0.15, -0.1) is 6.58 Å². The summed E-state index contributed by atoms with van der Waals surface area (Å²) in [6.07, 6.45) is -3.17. The van der Waals surface area contributed by atoms with Crippen molar-refractivity contribution in [1.29, 1.82) is 0 Å². The van der Waals surface area contributed by atoms with E-state index in [2.05, 4.69) is 45.8 Å². The molecule has 0 aromatic carbocycles. The molecule has 0 radical (unpaired) electrons. The highest BCUT2D eigenvalue weighted by molar-refractivity contribution is 7.80. The number of hydrogen-bond donors (Lipinski definition) is 2. The molecule has 13 nitrogen and oxygen atoms in total. The molecule has 17 heteroatoms. The standard InChI is InChI=1S/C33H67NO12SSi3/c1-19-20-41-33(29(36)40-12)21-24(44-48(13,14)30(3,4)5)26(34-23(2)35)28(43-33)27(46-50(17,18)32(9,10)11)25(22-42-47(37,38)39)45-49(15,16)31(6,7)8/h19,24-28H,1,20-22H2,2-18H3,(H,34,35)(H,37,38,39)/t24-,25+,26+,27+,28+,33+/m0/s1. The number of hydrogen-bond acceptors (Lipinski definition) is 11. The number of methoxy groups -OCH3 is 1. The average molecular weight is 786 g/mol. The molecule has 1 fully saturated rings. The summed E-state index contributed by atoms with van der Waals surface area (Å²) in [5, 5.41) is 2.02. The zero-order valence-corrected chi connectivity index (χ0v) is 37.5. The summed E-state index contributed by atoms with van der Waals surface area (Å²) < 4.78 is 78.1. The molecule has 50 heavy (non-hydrogen) atoms. The Kier molecular flexibility index (Phi) is 15.6. The molecule has 1 aliphatic rings. The fourth-order valence-corrected chi connectivity index (χ4v) is 8.98. The van der Waals surface area contributed by atoms with Gasteiger partial charge in [0, 0.05) is 13.3 Å². The molecule has 0 unspecified atom stereocenters. The van der Waals surface area contributed by atoms with E-state index in [1.165, 1.54) is 20.1 Å². The van der Waals surface area contributed by atoms with E-state index < -0.39 is 90.1 Å². The molecule has 0 spiro atoms. The Morgan fingerprint density at radius 3 is 1.82 bits per heavy atom. The molecular formula is C33H67NO12SSi3. The van der Waals surface area contributed by atoms with Crippen LogP contribution in [0.4, 0.5) is 0 Å². The normalized spacial score (nSPS) is 24.3. The van der Waals surface area contributed by atoms with Gasteiger partial charge >= 0.3 is 16.4 Å². The van der Waals surface area contributed by atoms with Crippen LogP contribution in [0.3, 0.4) is 0 Å². The summed E-state index contributed by atoms with van der Waals surface area (Å²) in [7, 11) is -11.9. The van der Waals surface area contributed by atoms with Gasteiger partial charge in [0.05, 0.1) is 38.6 Å². The smallest absolute Gasteiger partial charge is 0.397 e. The third-order valence-corrected chi connectivity index (χ3v) is 24.6. The van der Waals surface area contributed by atoms with Gasteiger partial charge in [0.2, 0.25) is 5.91 Å². The van der Waals surface area contributed by atoms with Gasteiger partial charge in [-0.3, -0.25) is 9.35 Å². The number of esters is 1. The van der Waals surface area contributed by atoms with Crippen LogP contribution >= 0.6 is 0 Å². The molecule has 1 aliphatic heterocycles. The van der Waals surface area contributed by atoms with E-state index >= 15 is 0 Å². The van der Waals surface area contributed by atoms with E-state index in [1.807, 2.05) is 67.7 Å². The minimum Gasteiger partial charge on any atom is -0.465 e. The van der Waals surface area contributed by atoms with Gasteiger partial charge in [0.15, 0.2) is 25.0 Å². The number of rotatable bonds is 16. The van der Waals surface area contributed by atoms with Crippen LogP contribution in [-0.2, 0) is 51.7 Å². The van der Waals surface area contributed by atoms with E-state index in [-0.39, 0.29) is 28.1 Å². The molecule has 0 aromatic rings. The third-order valence-electron chi connectivity index (χ3n) is 10.7. The lowest BCUT2D eigenvalue weighted by molar-refractivity contribution is -0.306. The van der Waals surface area contributed by atoms with Crippen LogP contribution in [0, 0.1) is 0 Å². The number of ether oxygens (including phenoxy) is 3. The monoisotopic (exact) mass is 785 g/mol. The maximum absolute atomic E-state index is 13.8. The van der Waals surface area contributed by atoms with Gasteiger partial charge in [-0.05, 0) is 54.4 Å². The fourth-order valence-electron chi connectivity index (χ4n) is 4.70. The number of carbonyl (C=O) groups is 2. The molecule has 1 heterocycles. The van der Waals surface area contributed by atoms with Crippen LogP contribution in [0.1, 0.15) is 75.7 Å². The van der Waals surface area contributed by atoms with Crippen molar-refractivity contribution in [1.82, 2.24) is 5.32 Å². The minimum absolute atomic E-state index is 0.0943. The van der Waals surface area contributed by atoms with Crippen LogP contribution in [0.25, 0.3) is 0 Å². The maximum Gasteiger partial charge on any atom is 0.397 e. The van der Waals surface area contributed by atoms with Crippen molar-refractivity contribution in [2.24, 2.45) is 0 Å². The van der Waals surface area contributed by atoms with Gasteiger partial charge in [-0.1, -0.05) is 68.4 Å². The van der Waals surface area contributed by atoms with Crippen molar-refractivity contribution < 1.29 is 54.2 Å². The van der Waals surface area contributed by atoms with Gasteiger partial charge in [0.25, 0.3) is 5.79 Å². The lowest BCUT2D eigenvalue weighted by Crippen LogP contribution is -2.71. The van der Waals surface area contributed by atoms with Crippen molar-refractivity contribution in [3.05, 3.63) is 12.7 Å². The summed E-state index contributed by atoms with van der Waals surface area (Å²) in [5.41, 5.74) is 0. The second-order valence-corrected chi connectivity index (χ2v) is 33.1. The quantitative estimate of drug-likeness (QED) is 0.0773. The van der Waals surface area contributed by atoms with E-state index in [0.717, 1.165) is 0 Å². The molecule has 1 amide bonds. The SMILES string of the molecule is C=CCO[C@]1(C(=O)OC)C[C@H](O[Si](C)(C)C(C)(C)C)[C@@H](NC(C)=O)[C@H]([C@H](O[Si](C)(C)C(C)(C)C)[C@@H](COS(=O)(=O)O)O[Si](C)(C)C(C)(C)C)O1. The highest BCUT2D eigenvalue weighted by Crippen LogP contribution is 2.46. The van der Waals surface area contributed by atoms with E-state index in [0.29, 0.717) is 0 Å². The zero-order valence-electron chi connectivity index (χ0n) is 33.6. The van der Waals surface area contributed by atoms with Crippen LogP contribution in [0.15, 0.2) is 12.7 Å². The van der Waals surface area contributed by atoms with Gasteiger partial charge in [-0.2, -0.15) is 8.42 Å². The van der Waals surface area contributed by atoms with E-state index in [9.17, 15) is 22.6 Å². The molecule has 1 rings (SSSR count).